The molecule has 2 aromatic heterocycles. The molecule has 1 atom stereocenters. The van der Waals surface area contributed by atoms with Crippen LogP contribution in [-0.2, 0) is 17.9 Å². The van der Waals surface area contributed by atoms with Crippen LogP contribution in [0.5, 0.6) is 0 Å². The van der Waals surface area contributed by atoms with Gasteiger partial charge in [0.2, 0.25) is 5.91 Å². The fraction of sp³-hybridized carbons (Fsp3) is 0.400. The lowest BCUT2D eigenvalue weighted by Gasteiger charge is -2.23. The molecule has 2 saturated heterocycles. The van der Waals surface area contributed by atoms with E-state index in [1.54, 1.807) is 6.20 Å². The van der Waals surface area contributed by atoms with E-state index in [0.29, 0.717) is 6.54 Å². The van der Waals surface area contributed by atoms with Gasteiger partial charge in [-0.05, 0) is 53.5 Å². The molecule has 1 amide bonds. The number of carbonyl (C=O) groups excluding carboxylic acids is 1. The van der Waals surface area contributed by atoms with Crippen molar-refractivity contribution < 1.29 is 9.42 Å². The van der Waals surface area contributed by atoms with Gasteiger partial charge in [0.25, 0.3) is 0 Å². The molecule has 0 saturated carbocycles. The number of nitrogens with zero attached hydrogens (tertiary/aromatic N) is 5. The molecule has 2 aliphatic heterocycles. The van der Waals surface area contributed by atoms with Crippen molar-refractivity contribution in [2.24, 2.45) is 5.41 Å². The molecule has 2 fully saturated rings. The summed E-state index contributed by atoms with van der Waals surface area (Å²) in [5.74, 6) is 0.275. The van der Waals surface area contributed by atoms with Crippen molar-refractivity contribution in [2.75, 3.05) is 19.6 Å². The Kier molecular flexibility index (Phi) is 3.89. The number of pyridine rings is 1. The molecular weight excluding hydrogens is 342 g/mol. The zero-order chi connectivity index (χ0) is 18.3. The van der Waals surface area contributed by atoms with E-state index >= 15 is 0 Å². The molecule has 2 aliphatic rings. The maximum Gasteiger partial charge on any atom is 0.230 e. The van der Waals surface area contributed by atoms with E-state index in [1.807, 2.05) is 35.2 Å². The van der Waals surface area contributed by atoms with Gasteiger partial charge in [-0.15, -0.1) is 0 Å². The normalized spacial score (nSPS) is 23.1. The quantitative estimate of drug-likeness (QED) is 0.708. The zero-order valence-corrected chi connectivity index (χ0v) is 15.0. The van der Waals surface area contributed by atoms with E-state index in [-0.39, 0.29) is 11.3 Å². The Hall–Kier alpha value is -2.80. The third-order valence-corrected chi connectivity index (χ3v) is 5.88. The Morgan fingerprint density at radius 3 is 2.85 bits per heavy atom. The summed E-state index contributed by atoms with van der Waals surface area (Å²) in [4.78, 5) is 21.8. The van der Waals surface area contributed by atoms with Crippen LogP contribution in [0.25, 0.3) is 11.0 Å². The summed E-state index contributed by atoms with van der Waals surface area (Å²) in [6.07, 6.45) is 3.62. The summed E-state index contributed by atoms with van der Waals surface area (Å²) in [5, 5.41) is 7.94. The second-order valence-electron chi connectivity index (χ2n) is 7.59. The van der Waals surface area contributed by atoms with Crippen molar-refractivity contribution in [2.45, 2.75) is 25.9 Å². The van der Waals surface area contributed by atoms with Gasteiger partial charge in [-0.1, -0.05) is 18.2 Å². The Balaban J connectivity index is 1.29. The SMILES string of the molecule is O=C1N(Cc2ccccn2)CCC12CCN(Cc1cccc3nonc13)C2. The van der Waals surface area contributed by atoms with Crippen molar-refractivity contribution in [1.29, 1.82) is 0 Å². The number of amides is 1. The molecule has 0 aliphatic carbocycles. The number of rotatable bonds is 4. The highest BCUT2D eigenvalue weighted by atomic mass is 16.6. The predicted octanol–water partition coefficient (Wildman–Crippen LogP) is 2.24. The zero-order valence-electron chi connectivity index (χ0n) is 15.0. The van der Waals surface area contributed by atoms with Crippen molar-refractivity contribution in [3.05, 3.63) is 53.9 Å². The summed E-state index contributed by atoms with van der Waals surface area (Å²) >= 11 is 0. The van der Waals surface area contributed by atoms with E-state index in [9.17, 15) is 4.79 Å². The predicted molar refractivity (Wildman–Crippen MR) is 98.4 cm³/mol. The molecule has 27 heavy (non-hydrogen) atoms. The molecular formula is C20H21N5O2. The number of hydrogen-bond acceptors (Lipinski definition) is 6. The minimum Gasteiger partial charge on any atom is -0.336 e. The number of benzene rings is 1. The van der Waals surface area contributed by atoms with Crippen LogP contribution in [0.4, 0.5) is 0 Å². The summed E-state index contributed by atoms with van der Waals surface area (Å²) in [6.45, 7) is 3.90. The summed E-state index contributed by atoms with van der Waals surface area (Å²) in [7, 11) is 0. The lowest BCUT2D eigenvalue weighted by molar-refractivity contribution is -0.136. The summed E-state index contributed by atoms with van der Waals surface area (Å²) in [5.41, 5.74) is 3.39. The maximum atomic E-state index is 13.1. The van der Waals surface area contributed by atoms with Gasteiger partial charge in [0.1, 0.15) is 11.0 Å². The van der Waals surface area contributed by atoms with Crippen LogP contribution in [0.1, 0.15) is 24.1 Å². The van der Waals surface area contributed by atoms with Crippen LogP contribution >= 0.6 is 0 Å². The molecule has 0 bridgehead atoms. The average molecular weight is 363 g/mol. The number of carbonyl (C=O) groups is 1. The standard InChI is InChI=1S/C20H21N5O2/c26-19-20(8-11-25(19)13-16-5-1-2-9-21-16)7-10-24(14-20)12-15-4-3-6-17-18(15)23-27-22-17/h1-6,9H,7-8,10-14H2. The molecule has 3 aromatic rings. The fourth-order valence-electron chi connectivity index (χ4n) is 4.43. The molecule has 0 N–H and O–H groups in total. The first kappa shape index (κ1) is 16.4. The number of aromatic nitrogens is 3. The van der Waals surface area contributed by atoms with Crippen molar-refractivity contribution in [3.8, 4) is 0 Å². The van der Waals surface area contributed by atoms with E-state index in [1.165, 1.54) is 0 Å². The molecule has 138 valence electrons. The lowest BCUT2D eigenvalue weighted by atomic mass is 9.85. The number of likely N-dealkylation sites (tertiary alicyclic amines) is 2. The van der Waals surface area contributed by atoms with E-state index in [2.05, 4.69) is 26.3 Å². The summed E-state index contributed by atoms with van der Waals surface area (Å²) in [6, 6.07) is 11.8. The summed E-state index contributed by atoms with van der Waals surface area (Å²) < 4.78 is 4.87. The molecule has 1 aromatic carbocycles. The maximum absolute atomic E-state index is 13.1. The van der Waals surface area contributed by atoms with Gasteiger partial charge in [0.05, 0.1) is 17.7 Å². The number of hydrogen-bond donors (Lipinski definition) is 0. The van der Waals surface area contributed by atoms with E-state index < -0.39 is 0 Å². The largest absolute Gasteiger partial charge is 0.336 e. The topological polar surface area (TPSA) is 75.4 Å². The number of fused-ring (bicyclic) bond motifs is 1. The van der Waals surface area contributed by atoms with Crippen molar-refractivity contribution in [1.82, 2.24) is 25.1 Å². The molecule has 4 heterocycles. The first-order valence-electron chi connectivity index (χ1n) is 9.35. The monoisotopic (exact) mass is 363 g/mol. The first-order chi connectivity index (χ1) is 13.2. The third-order valence-electron chi connectivity index (χ3n) is 5.88. The van der Waals surface area contributed by atoms with Gasteiger partial charge in [-0.3, -0.25) is 14.7 Å². The van der Waals surface area contributed by atoms with E-state index in [0.717, 1.165) is 61.3 Å². The Bertz CT molecular complexity index is 973. The third kappa shape index (κ3) is 2.88. The first-order valence-corrected chi connectivity index (χ1v) is 9.35. The average Bonchev–Trinajstić information content (AvgIpc) is 3.40. The van der Waals surface area contributed by atoms with Crippen LogP contribution in [-0.4, -0.2) is 50.6 Å². The van der Waals surface area contributed by atoms with Crippen LogP contribution < -0.4 is 0 Å². The lowest BCUT2D eigenvalue weighted by Crippen LogP contribution is -2.36. The van der Waals surface area contributed by atoms with Crippen LogP contribution in [0.3, 0.4) is 0 Å². The Morgan fingerprint density at radius 1 is 1.04 bits per heavy atom. The second kappa shape index (κ2) is 6.42. The molecule has 1 spiro atoms. The fourth-order valence-corrected chi connectivity index (χ4v) is 4.43. The van der Waals surface area contributed by atoms with Crippen molar-refractivity contribution >= 4 is 16.9 Å². The highest BCUT2D eigenvalue weighted by Gasteiger charge is 2.50. The smallest absolute Gasteiger partial charge is 0.230 e. The molecule has 1 unspecified atom stereocenters. The molecule has 0 radical (unpaired) electrons. The van der Waals surface area contributed by atoms with Gasteiger partial charge in [0.15, 0.2) is 0 Å². The Morgan fingerprint density at radius 2 is 1.96 bits per heavy atom. The minimum atomic E-state index is -0.245. The van der Waals surface area contributed by atoms with Gasteiger partial charge in [-0.25, -0.2) is 4.63 Å². The minimum absolute atomic E-state index is 0.245. The highest BCUT2D eigenvalue weighted by molar-refractivity contribution is 5.85. The molecule has 7 nitrogen and oxygen atoms in total. The van der Waals surface area contributed by atoms with Gasteiger partial charge in [-0.2, -0.15) is 0 Å². The van der Waals surface area contributed by atoms with Crippen LogP contribution in [0.15, 0.2) is 47.2 Å². The van der Waals surface area contributed by atoms with Crippen LogP contribution in [0.2, 0.25) is 0 Å². The molecule has 7 heteroatoms. The highest BCUT2D eigenvalue weighted by Crippen LogP contribution is 2.41. The van der Waals surface area contributed by atoms with Crippen LogP contribution in [0, 0.1) is 5.41 Å². The van der Waals surface area contributed by atoms with Gasteiger partial charge >= 0.3 is 0 Å². The van der Waals surface area contributed by atoms with Gasteiger partial charge < -0.3 is 4.90 Å². The molecule has 5 rings (SSSR count). The van der Waals surface area contributed by atoms with Gasteiger partial charge in [0, 0.05) is 25.8 Å². The second-order valence-corrected chi connectivity index (χ2v) is 7.59. The van der Waals surface area contributed by atoms with Crippen molar-refractivity contribution in [3.63, 3.8) is 0 Å². The Labute approximate surface area is 156 Å². The van der Waals surface area contributed by atoms with E-state index in [4.69, 9.17) is 4.63 Å².